The van der Waals surface area contributed by atoms with Crippen LogP contribution in [-0.4, -0.2) is 50.4 Å². The Labute approximate surface area is 152 Å². The second kappa shape index (κ2) is 10.2. The van der Waals surface area contributed by atoms with Gasteiger partial charge >= 0.3 is 0 Å². The van der Waals surface area contributed by atoms with E-state index >= 15 is 0 Å². The number of aromatic nitrogens is 2. The van der Waals surface area contributed by atoms with Crippen molar-refractivity contribution in [3.05, 3.63) is 41.7 Å². The van der Waals surface area contributed by atoms with Crippen LogP contribution < -0.4 is 20.1 Å². The van der Waals surface area contributed by atoms with Crippen LogP contribution in [-0.2, 0) is 11.3 Å². The predicted molar refractivity (Wildman–Crippen MR) is 97.7 cm³/mol. The molecule has 0 aliphatic rings. The van der Waals surface area contributed by atoms with E-state index in [1.165, 1.54) is 0 Å². The number of ether oxygens (including phenoxy) is 3. The fourth-order valence-corrected chi connectivity index (χ4v) is 2.25. The molecule has 2 rings (SSSR count). The number of carbonyl (C=O) groups excluding carboxylic acids is 1. The SMILES string of the molecule is COCCCNC(=O)c1ccnc(NCc2ccc(OC)c(OC)c2)n1. The first-order valence-corrected chi connectivity index (χ1v) is 8.23. The molecule has 140 valence electrons. The number of methoxy groups -OCH3 is 3. The van der Waals surface area contributed by atoms with Crippen molar-refractivity contribution in [1.29, 1.82) is 0 Å². The van der Waals surface area contributed by atoms with Gasteiger partial charge in [-0.25, -0.2) is 9.97 Å². The van der Waals surface area contributed by atoms with E-state index in [-0.39, 0.29) is 5.91 Å². The van der Waals surface area contributed by atoms with Gasteiger partial charge in [0.1, 0.15) is 5.69 Å². The Bertz CT molecular complexity index is 724. The number of amides is 1. The Morgan fingerprint density at radius 3 is 2.65 bits per heavy atom. The van der Waals surface area contributed by atoms with Gasteiger partial charge in [0.15, 0.2) is 11.5 Å². The summed E-state index contributed by atoms with van der Waals surface area (Å²) in [6, 6.07) is 7.20. The normalized spacial score (nSPS) is 10.3. The van der Waals surface area contributed by atoms with Crippen molar-refractivity contribution in [2.45, 2.75) is 13.0 Å². The molecule has 8 nitrogen and oxygen atoms in total. The Hall–Kier alpha value is -2.87. The highest BCUT2D eigenvalue weighted by molar-refractivity contribution is 5.92. The lowest BCUT2D eigenvalue weighted by atomic mass is 10.2. The Morgan fingerprint density at radius 2 is 1.92 bits per heavy atom. The minimum atomic E-state index is -0.238. The maximum absolute atomic E-state index is 12.1. The van der Waals surface area contributed by atoms with Gasteiger partial charge in [0.05, 0.1) is 14.2 Å². The number of benzene rings is 1. The summed E-state index contributed by atoms with van der Waals surface area (Å²) in [7, 11) is 4.81. The van der Waals surface area contributed by atoms with Crippen molar-refractivity contribution >= 4 is 11.9 Å². The van der Waals surface area contributed by atoms with E-state index in [1.54, 1.807) is 33.6 Å². The fraction of sp³-hybridized carbons (Fsp3) is 0.389. The Kier molecular flexibility index (Phi) is 7.63. The number of carbonyl (C=O) groups is 1. The summed E-state index contributed by atoms with van der Waals surface area (Å²) in [5.41, 5.74) is 1.29. The molecule has 1 amide bonds. The summed E-state index contributed by atoms with van der Waals surface area (Å²) in [4.78, 5) is 20.5. The number of rotatable bonds is 10. The highest BCUT2D eigenvalue weighted by Gasteiger charge is 2.09. The molecule has 1 aromatic heterocycles. The summed E-state index contributed by atoms with van der Waals surface area (Å²) in [6.07, 6.45) is 2.30. The van der Waals surface area contributed by atoms with E-state index in [2.05, 4.69) is 20.6 Å². The molecule has 2 N–H and O–H groups in total. The summed E-state index contributed by atoms with van der Waals surface area (Å²) in [5, 5.41) is 5.90. The van der Waals surface area contributed by atoms with Crippen molar-refractivity contribution in [3.63, 3.8) is 0 Å². The monoisotopic (exact) mass is 360 g/mol. The van der Waals surface area contributed by atoms with Gasteiger partial charge < -0.3 is 24.8 Å². The zero-order valence-electron chi connectivity index (χ0n) is 15.2. The van der Waals surface area contributed by atoms with E-state index in [1.807, 2.05) is 18.2 Å². The summed E-state index contributed by atoms with van der Waals surface area (Å²) < 4.78 is 15.5. The smallest absolute Gasteiger partial charge is 0.270 e. The molecule has 0 spiro atoms. The molecule has 0 aliphatic heterocycles. The van der Waals surface area contributed by atoms with Crippen LogP contribution in [0.1, 0.15) is 22.5 Å². The molecule has 0 saturated heterocycles. The minimum absolute atomic E-state index is 0.238. The Morgan fingerprint density at radius 1 is 1.12 bits per heavy atom. The third-order valence-electron chi connectivity index (χ3n) is 3.60. The third-order valence-corrected chi connectivity index (χ3v) is 3.60. The molecule has 0 fully saturated rings. The van der Waals surface area contributed by atoms with Gasteiger partial charge in [-0.3, -0.25) is 4.79 Å². The average Bonchev–Trinajstić information content (AvgIpc) is 2.69. The maximum Gasteiger partial charge on any atom is 0.270 e. The average molecular weight is 360 g/mol. The highest BCUT2D eigenvalue weighted by Crippen LogP contribution is 2.27. The molecule has 0 aliphatic carbocycles. The number of anilines is 1. The first-order chi connectivity index (χ1) is 12.7. The molecule has 2 aromatic rings. The van der Waals surface area contributed by atoms with Crippen LogP contribution in [0.5, 0.6) is 11.5 Å². The summed E-state index contributed by atoms with van der Waals surface area (Å²) in [6.45, 7) is 1.62. The lowest BCUT2D eigenvalue weighted by molar-refractivity contribution is 0.0943. The largest absolute Gasteiger partial charge is 0.493 e. The molecular weight excluding hydrogens is 336 g/mol. The van der Waals surface area contributed by atoms with E-state index < -0.39 is 0 Å². The number of hydrogen-bond acceptors (Lipinski definition) is 7. The van der Waals surface area contributed by atoms with E-state index in [4.69, 9.17) is 14.2 Å². The van der Waals surface area contributed by atoms with Crippen molar-refractivity contribution in [3.8, 4) is 11.5 Å². The fourth-order valence-electron chi connectivity index (χ4n) is 2.25. The molecule has 1 heterocycles. The number of nitrogens with zero attached hydrogens (tertiary/aromatic N) is 2. The van der Waals surface area contributed by atoms with Crippen molar-refractivity contribution in [2.24, 2.45) is 0 Å². The van der Waals surface area contributed by atoms with Crippen LogP contribution in [0.3, 0.4) is 0 Å². The summed E-state index contributed by atoms with van der Waals surface area (Å²) in [5.74, 6) is 1.46. The second-order valence-corrected chi connectivity index (χ2v) is 5.41. The number of hydrogen-bond donors (Lipinski definition) is 2. The van der Waals surface area contributed by atoms with Crippen molar-refractivity contribution < 1.29 is 19.0 Å². The predicted octanol–water partition coefficient (Wildman–Crippen LogP) is 1.87. The van der Waals surface area contributed by atoms with Crippen LogP contribution in [0, 0.1) is 0 Å². The molecule has 0 radical (unpaired) electrons. The molecule has 0 bridgehead atoms. The van der Waals surface area contributed by atoms with E-state index in [0.29, 0.717) is 42.8 Å². The van der Waals surface area contributed by atoms with Gasteiger partial charge in [0, 0.05) is 33.0 Å². The van der Waals surface area contributed by atoms with Crippen LogP contribution in [0.4, 0.5) is 5.95 Å². The first-order valence-electron chi connectivity index (χ1n) is 8.23. The maximum atomic E-state index is 12.1. The van der Waals surface area contributed by atoms with Crippen molar-refractivity contribution in [1.82, 2.24) is 15.3 Å². The van der Waals surface area contributed by atoms with Gasteiger partial charge in [-0.15, -0.1) is 0 Å². The van der Waals surface area contributed by atoms with Crippen LogP contribution in [0.25, 0.3) is 0 Å². The Balaban J connectivity index is 1.95. The molecule has 0 unspecified atom stereocenters. The molecule has 0 saturated carbocycles. The molecule has 8 heteroatoms. The molecule has 0 atom stereocenters. The van der Waals surface area contributed by atoms with Gasteiger partial charge in [0.25, 0.3) is 5.91 Å². The van der Waals surface area contributed by atoms with Crippen LogP contribution >= 0.6 is 0 Å². The minimum Gasteiger partial charge on any atom is -0.493 e. The highest BCUT2D eigenvalue weighted by atomic mass is 16.5. The van der Waals surface area contributed by atoms with Crippen LogP contribution in [0.2, 0.25) is 0 Å². The van der Waals surface area contributed by atoms with Crippen molar-refractivity contribution in [2.75, 3.05) is 39.8 Å². The number of nitrogens with one attached hydrogen (secondary N) is 2. The standard InChI is InChI=1S/C18H24N4O4/c1-24-10-4-8-19-17(23)14-7-9-20-18(22-14)21-12-13-5-6-15(25-2)16(11-13)26-3/h5-7,9,11H,4,8,10,12H2,1-3H3,(H,19,23)(H,20,21,22). The van der Waals surface area contributed by atoms with Gasteiger partial charge in [-0.2, -0.15) is 0 Å². The second-order valence-electron chi connectivity index (χ2n) is 5.41. The molecular formula is C18H24N4O4. The van der Waals surface area contributed by atoms with Gasteiger partial charge in [-0.1, -0.05) is 6.07 Å². The molecule has 1 aromatic carbocycles. The van der Waals surface area contributed by atoms with E-state index in [0.717, 1.165) is 12.0 Å². The van der Waals surface area contributed by atoms with Gasteiger partial charge in [-0.05, 0) is 30.2 Å². The van der Waals surface area contributed by atoms with Crippen LogP contribution in [0.15, 0.2) is 30.5 Å². The zero-order chi connectivity index (χ0) is 18.8. The van der Waals surface area contributed by atoms with E-state index in [9.17, 15) is 4.79 Å². The lowest BCUT2D eigenvalue weighted by Gasteiger charge is -2.10. The molecule has 26 heavy (non-hydrogen) atoms. The lowest BCUT2D eigenvalue weighted by Crippen LogP contribution is -2.26. The van der Waals surface area contributed by atoms with Gasteiger partial charge in [0.2, 0.25) is 5.95 Å². The first kappa shape index (κ1) is 19.5. The topological polar surface area (TPSA) is 94.6 Å². The summed E-state index contributed by atoms with van der Waals surface area (Å²) >= 11 is 0. The zero-order valence-corrected chi connectivity index (χ0v) is 15.2. The third kappa shape index (κ3) is 5.59. The quantitative estimate of drug-likeness (QED) is 0.625.